The second kappa shape index (κ2) is 5.82. The minimum atomic E-state index is -4.26. The van der Waals surface area contributed by atoms with Crippen molar-refractivity contribution in [2.24, 2.45) is 0 Å². The van der Waals surface area contributed by atoms with Gasteiger partial charge in [-0.1, -0.05) is 12.1 Å². The van der Waals surface area contributed by atoms with Gasteiger partial charge in [-0.05, 0) is 38.5 Å². The first-order valence-electron chi connectivity index (χ1n) is 5.99. The molecule has 2 nitrogen and oxygen atoms in total. The summed E-state index contributed by atoms with van der Waals surface area (Å²) in [4.78, 5) is 0. The van der Waals surface area contributed by atoms with E-state index in [-0.39, 0.29) is 0 Å². The summed E-state index contributed by atoms with van der Waals surface area (Å²) in [5.41, 5.74) is 0.0622. The Labute approximate surface area is 111 Å². The lowest BCUT2D eigenvalue weighted by Crippen LogP contribution is -2.23. The Bertz CT molecular complexity index is 408. The largest absolute Gasteiger partial charge is 0.488 e. The minimum Gasteiger partial charge on any atom is -0.488 e. The summed E-state index contributed by atoms with van der Waals surface area (Å²) in [5, 5.41) is 0. The van der Waals surface area contributed by atoms with Crippen molar-refractivity contribution in [1.29, 1.82) is 0 Å². The molecule has 0 fully saturated rings. The zero-order valence-corrected chi connectivity index (χ0v) is 11.5. The lowest BCUT2D eigenvalue weighted by Gasteiger charge is -2.23. The fourth-order valence-electron chi connectivity index (χ4n) is 1.68. The zero-order valence-electron chi connectivity index (χ0n) is 11.5. The van der Waals surface area contributed by atoms with E-state index in [1.165, 1.54) is 7.11 Å². The van der Waals surface area contributed by atoms with Gasteiger partial charge in [0.2, 0.25) is 0 Å². The molecule has 0 aliphatic carbocycles. The fraction of sp³-hybridized carbons (Fsp3) is 0.571. The molecular weight excluding hydrogens is 257 g/mol. The predicted molar refractivity (Wildman–Crippen MR) is 67.2 cm³/mol. The van der Waals surface area contributed by atoms with E-state index >= 15 is 0 Å². The Morgan fingerprint density at radius 2 is 1.79 bits per heavy atom. The van der Waals surface area contributed by atoms with Gasteiger partial charge in [-0.15, -0.1) is 0 Å². The topological polar surface area (TPSA) is 18.5 Å². The lowest BCUT2D eigenvalue weighted by molar-refractivity contribution is -0.158. The highest BCUT2D eigenvalue weighted by Gasteiger charge is 2.33. The number of halogens is 3. The number of rotatable bonds is 4. The van der Waals surface area contributed by atoms with Crippen LogP contribution in [0, 0.1) is 0 Å². The van der Waals surface area contributed by atoms with E-state index < -0.39 is 24.3 Å². The highest BCUT2D eigenvalue weighted by molar-refractivity contribution is 5.30. The Morgan fingerprint density at radius 1 is 1.16 bits per heavy atom. The first kappa shape index (κ1) is 15.8. The number of hydrogen-bond donors (Lipinski definition) is 0. The molecule has 0 aromatic heterocycles. The molecule has 0 radical (unpaired) electrons. The Hall–Kier alpha value is -1.23. The monoisotopic (exact) mass is 276 g/mol. The summed E-state index contributed by atoms with van der Waals surface area (Å²) < 4.78 is 47.9. The number of ether oxygens (including phenoxy) is 2. The highest BCUT2D eigenvalue weighted by Crippen LogP contribution is 2.33. The van der Waals surface area contributed by atoms with Crippen LogP contribution in [-0.2, 0) is 4.74 Å². The molecule has 0 saturated carbocycles. The fourth-order valence-corrected chi connectivity index (χ4v) is 1.68. The summed E-state index contributed by atoms with van der Waals surface area (Å²) in [7, 11) is 1.27. The van der Waals surface area contributed by atoms with Crippen molar-refractivity contribution in [2.45, 2.75) is 45.1 Å². The van der Waals surface area contributed by atoms with Gasteiger partial charge in [-0.25, -0.2) is 0 Å². The van der Waals surface area contributed by atoms with E-state index in [2.05, 4.69) is 0 Å². The van der Waals surface area contributed by atoms with Crippen LogP contribution in [0.2, 0.25) is 0 Å². The second-order valence-electron chi connectivity index (χ2n) is 5.33. The standard InChI is InChI=1S/C14H19F3O2/c1-13(2,3)19-11-7-5-6-10(8-11)12(18-4)9-14(15,16)17/h5-8,12H,9H2,1-4H3. The Morgan fingerprint density at radius 3 is 2.26 bits per heavy atom. The van der Waals surface area contributed by atoms with Gasteiger partial charge in [0.05, 0.1) is 12.5 Å². The van der Waals surface area contributed by atoms with Crippen molar-refractivity contribution >= 4 is 0 Å². The van der Waals surface area contributed by atoms with E-state index in [0.29, 0.717) is 11.3 Å². The van der Waals surface area contributed by atoms with Crippen molar-refractivity contribution < 1.29 is 22.6 Å². The van der Waals surface area contributed by atoms with Gasteiger partial charge in [0, 0.05) is 7.11 Å². The summed E-state index contributed by atoms with van der Waals surface area (Å²) in [6.07, 6.45) is -6.28. The average molecular weight is 276 g/mol. The lowest BCUT2D eigenvalue weighted by atomic mass is 10.1. The van der Waals surface area contributed by atoms with E-state index in [9.17, 15) is 13.2 Å². The van der Waals surface area contributed by atoms with Crippen molar-refractivity contribution in [2.75, 3.05) is 7.11 Å². The molecule has 1 unspecified atom stereocenters. The molecule has 0 saturated heterocycles. The molecule has 1 aromatic rings. The van der Waals surface area contributed by atoms with Crippen LogP contribution in [0.4, 0.5) is 13.2 Å². The van der Waals surface area contributed by atoms with Crippen LogP contribution in [0.1, 0.15) is 38.9 Å². The molecule has 0 spiro atoms. The van der Waals surface area contributed by atoms with Crippen molar-refractivity contribution in [3.63, 3.8) is 0 Å². The normalized spacial score (nSPS) is 14.3. The molecule has 0 amide bonds. The van der Waals surface area contributed by atoms with Crippen LogP contribution in [0.5, 0.6) is 5.75 Å². The van der Waals surface area contributed by atoms with Gasteiger partial charge in [0.15, 0.2) is 0 Å². The SMILES string of the molecule is COC(CC(F)(F)F)c1cccc(OC(C)(C)C)c1. The van der Waals surface area contributed by atoms with Crippen LogP contribution in [0.3, 0.4) is 0 Å². The van der Waals surface area contributed by atoms with E-state index in [1.54, 1.807) is 24.3 Å². The quantitative estimate of drug-likeness (QED) is 0.806. The third-order valence-electron chi connectivity index (χ3n) is 2.36. The Kier molecular flexibility index (Phi) is 4.85. The molecular formula is C14H19F3O2. The van der Waals surface area contributed by atoms with Crippen molar-refractivity contribution in [3.05, 3.63) is 29.8 Å². The van der Waals surface area contributed by atoms with Gasteiger partial charge in [0.25, 0.3) is 0 Å². The number of alkyl halides is 3. The number of hydrogen-bond acceptors (Lipinski definition) is 2. The molecule has 1 aromatic carbocycles. The molecule has 19 heavy (non-hydrogen) atoms. The van der Waals surface area contributed by atoms with Gasteiger partial charge in [-0.2, -0.15) is 13.2 Å². The van der Waals surface area contributed by atoms with Crippen LogP contribution in [-0.4, -0.2) is 18.9 Å². The molecule has 0 heterocycles. The predicted octanol–water partition coefficient (Wildman–Crippen LogP) is 4.50. The highest BCUT2D eigenvalue weighted by atomic mass is 19.4. The molecule has 0 aliphatic heterocycles. The van der Waals surface area contributed by atoms with Crippen molar-refractivity contribution in [3.8, 4) is 5.75 Å². The van der Waals surface area contributed by atoms with Crippen LogP contribution < -0.4 is 4.74 Å². The molecule has 5 heteroatoms. The smallest absolute Gasteiger partial charge is 0.391 e. The minimum absolute atomic E-state index is 0.398. The maximum Gasteiger partial charge on any atom is 0.391 e. The van der Waals surface area contributed by atoms with Gasteiger partial charge >= 0.3 is 6.18 Å². The maximum atomic E-state index is 12.4. The maximum absolute atomic E-state index is 12.4. The van der Waals surface area contributed by atoms with Crippen LogP contribution in [0.25, 0.3) is 0 Å². The molecule has 1 rings (SSSR count). The van der Waals surface area contributed by atoms with E-state index in [0.717, 1.165) is 0 Å². The molecule has 108 valence electrons. The molecule has 0 aliphatic rings. The van der Waals surface area contributed by atoms with E-state index in [4.69, 9.17) is 9.47 Å². The summed E-state index contributed by atoms with van der Waals surface area (Å²) in [5.74, 6) is 0.536. The molecule has 0 bridgehead atoms. The van der Waals surface area contributed by atoms with Crippen LogP contribution >= 0.6 is 0 Å². The van der Waals surface area contributed by atoms with Gasteiger partial charge < -0.3 is 9.47 Å². The molecule has 1 atom stereocenters. The zero-order chi connectivity index (χ0) is 14.7. The Balaban J connectivity index is 2.90. The second-order valence-corrected chi connectivity index (χ2v) is 5.33. The van der Waals surface area contributed by atoms with Crippen LogP contribution in [0.15, 0.2) is 24.3 Å². The summed E-state index contributed by atoms with van der Waals surface area (Å²) in [6.45, 7) is 5.63. The van der Waals surface area contributed by atoms with E-state index in [1.807, 2.05) is 20.8 Å². The molecule has 0 N–H and O–H groups in total. The summed E-state index contributed by atoms with van der Waals surface area (Å²) >= 11 is 0. The first-order valence-corrected chi connectivity index (χ1v) is 5.99. The average Bonchev–Trinajstić information content (AvgIpc) is 2.22. The number of benzene rings is 1. The summed E-state index contributed by atoms with van der Waals surface area (Å²) in [6, 6.07) is 6.58. The van der Waals surface area contributed by atoms with Crippen molar-refractivity contribution in [1.82, 2.24) is 0 Å². The third kappa shape index (κ3) is 5.96. The first-order chi connectivity index (χ1) is 8.61. The van der Waals surface area contributed by atoms with Gasteiger partial charge in [-0.3, -0.25) is 0 Å². The third-order valence-corrected chi connectivity index (χ3v) is 2.36. The number of methoxy groups -OCH3 is 1. The van der Waals surface area contributed by atoms with Gasteiger partial charge in [0.1, 0.15) is 11.4 Å².